The first-order valence-electron chi connectivity index (χ1n) is 3.75. The van der Waals surface area contributed by atoms with Crippen molar-refractivity contribution in [3.8, 4) is 0 Å². The minimum absolute atomic E-state index is 0.350. The van der Waals surface area contributed by atoms with Crippen LogP contribution in [0.25, 0.3) is 0 Å². The molecule has 1 unspecified atom stereocenters. The number of ether oxygens (including phenoxy) is 1. The molecule has 0 N–H and O–H groups in total. The maximum atomic E-state index is 5.45. The van der Waals surface area contributed by atoms with Crippen LogP contribution in [0.15, 0.2) is 25.3 Å². The summed E-state index contributed by atoms with van der Waals surface area (Å²) in [5, 5.41) is 0. The lowest BCUT2D eigenvalue weighted by atomic mass is 10.0. The van der Waals surface area contributed by atoms with E-state index < -0.39 is 0 Å². The van der Waals surface area contributed by atoms with E-state index in [0.717, 1.165) is 13.0 Å². The van der Waals surface area contributed by atoms with Gasteiger partial charge < -0.3 is 4.74 Å². The second-order valence-electron chi connectivity index (χ2n) is 2.60. The fraction of sp³-hybridized carbons (Fsp3) is 0.556. The Morgan fingerprint density at radius 3 is 2.50 bits per heavy atom. The van der Waals surface area contributed by atoms with E-state index in [1.54, 1.807) is 0 Å². The molecule has 1 fully saturated rings. The second kappa shape index (κ2) is 3.57. The summed E-state index contributed by atoms with van der Waals surface area (Å²) in [7, 11) is 0. The lowest BCUT2D eigenvalue weighted by Crippen LogP contribution is -2.14. The molecule has 0 bridgehead atoms. The van der Waals surface area contributed by atoms with Crippen molar-refractivity contribution in [2.75, 3.05) is 6.61 Å². The van der Waals surface area contributed by atoms with E-state index in [1.165, 1.54) is 6.42 Å². The smallest absolute Gasteiger partial charge is 0.0672 e. The second-order valence-corrected chi connectivity index (χ2v) is 2.60. The van der Waals surface area contributed by atoms with Crippen molar-refractivity contribution >= 4 is 0 Å². The minimum atomic E-state index is 0.350. The topological polar surface area (TPSA) is 9.23 Å². The summed E-state index contributed by atoms with van der Waals surface area (Å²) in [5.74, 6) is 0.350. The van der Waals surface area contributed by atoms with E-state index in [2.05, 4.69) is 13.2 Å². The van der Waals surface area contributed by atoms with E-state index in [-0.39, 0.29) is 0 Å². The zero-order chi connectivity index (χ0) is 7.40. The molecule has 1 aliphatic rings. The van der Waals surface area contributed by atoms with Gasteiger partial charge in [0.15, 0.2) is 0 Å². The van der Waals surface area contributed by atoms with Crippen LogP contribution in [0.5, 0.6) is 0 Å². The first kappa shape index (κ1) is 7.55. The lowest BCUT2D eigenvalue weighted by Gasteiger charge is -2.14. The highest BCUT2D eigenvalue weighted by molar-refractivity contribution is 4.97. The van der Waals surface area contributed by atoms with E-state index in [9.17, 15) is 0 Å². The van der Waals surface area contributed by atoms with Gasteiger partial charge in [-0.15, -0.1) is 13.2 Å². The first-order chi connectivity index (χ1) is 4.88. The van der Waals surface area contributed by atoms with Gasteiger partial charge in [-0.25, -0.2) is 0 Å². The summed E-state index contributed by atoms with van der Waals surface area (Å²) in [6.07, 6.45) is 6.51. The lowest BCUT2D eigenvalue weighted by molar-refractivity contribution is 0.0926. The van der Waals surface area contributed by atoms with E-state index >= 15 is 0 Å². The quantitative estimate of drug-likeness (QED) is 0.543. The fourth-order valence-electron chi connectivity index (χ4n) is 1.31. The number of rotatable bonds is 3. The molecule has 10 heavy (non-hydrogen) atoms. The first-order valence-corrected chi connectivity index (χ1v) is 3.75. The Morgan fingerprint density at radius 2 is 2.10 bits per heavy atom. The van der Waals surface area contributed by atoms with Crippen LogP contribution >= 0.6 is 0 Å². The van der Waals surface area contributed by atoms with E-state index in [0.29, 0.717) is 12.0 Å². The van der Waals surface area contributed by atoms with Gasteiger partial charge in [0.2, 0.25) is 0 Å². The van der Waals surface area contributed by atoms with Crippen molar-refractivity contribution in [1.82, 2.24) is 0 Å². The zero-order valence-electron chi connectivity index (χ0n) is 6.25. The summed E-state index contributed by atoms with van der Waals surface area (Å²) in [6.45, 7) is 8.36. The predicted octanol–water partition coefficient (Wildman–Crippen LogP) is 2.15. The highest BCUT2D eigenvalue weighted by atomic mass is 16.5. The summed E-state index contributed by atoms with van der Waals surface area (Å²) in [4.78, 5) is 0. The Bertz CT molecular complexity index is 115. The molecule has 1 saturated heterocycles. The molecule has 56 valence electrons. The van der Waals surface area contributed by atoms with Crippen molar-refractivity contribution in [3.63, 3.8) is 0 Å². The van der Waals surface area contributed by atoms with Crippen LogP contribution in [0, 0.1) is 5.92 Å². The molecule has 1 heterocycles. The third-order valence-electron chi connectivity index (χ3n) is 1.94. The molecule has 0 aromatic heterocycles. The zero-order valence-corrected chi connectivity index (χ0v) is 6.25. The van der Waals surface area contributed by atoms with Crippen LogP contribution in [0.3, 0.4) is 0 Å². The van der Waals surface area contributed by atoms with Gasteiger partial charge in [-0.1, -0.05) is 12.2 Å². The predicted molar refractivity (Wildman–Crippen MR) is 42.9 cm³/mol. The molecule has 1 heteroatoms. The average Bonchev–Trinajstić information content (AvgIpc) is 2.43. The average molecular weight is 138 g/mol. The molecule has 1 aliphatic heterocycles. The molecular formula is C9H14O. The Hall–Kier alpha value is -0.560. The number of hydrogen-bond donors (Lipinski definition) is 0. The van der Waals surface area contributed by atoms with Crippen LogP contribution in [0.4, 0.5) is 0 Å². The van der Waals surface area contributed by atoms with Crippen molar-refractivity contribution in [1.29, 1.82) is 0 Å². The Labute approximate surface area is 62.4 Å². The van der Waals surface area contributed by atoms with Gasteiger partial charge in [-0.3, -0.25) is 0 Å². The SMILES string of the molecule is C=CC(C=C)C1CCCO1. The van der Waals surface area contributed by atoms with Crippen LogP contribution in [-0.4, -0.2) is 12.7 Å². The maximum absolute atomic E-state index is 5.45. The fourth-order valence-corrected chi connectivity index (χ4v) is 1.31. The maximum Gasteiger partial charge on any atom is 0.0672 e. The van der Waals surface area contributed by atoms with Gasteiger partial charge in [0.25, 0.3) is 0 Å². The molecule has 0 aliphatic carbocycles. The number of hydrogen-bond acceptors (Lipinski definition) is 1. The highest BCUT2D eigenvalue weighted by Crippen LogP contribution is 2.21. The van der Waals surface area contributed by atoms with Crippen LogP contribution in [0.2, 0.25) is 0 Å². The van der Waals surface area contributed by atoms with Crippen molar-refractivity contribution in [2.24, 2.45) is 5.92 Å². The Balaban J connectivity index is 2.43. The Morgan fingerprint density at radius 1 is 1.40 bits per heavy atom. The summed E-state index contributed by atoms with van der Waals surface area (Å²) in [5.41, 5.74) is 0. The normalized spacial score (nSPS) is 25.1. The molecule has 0 aromatic carbocycles. The molecule has 0 aromatic rings. The molecule has 1 atom stereocenters. The molecular weight excluding hydrogens is 124 g/mol. The third-order valence-corrected chi connectivity index (χ3v) is 1.94. The van der Waals surface area contributed by atoms with Crippen LogP contribution in [0.1, 0.15) is 12.8 Å². The molecule has 0 spiro atoms. The van der Waals surface area contributed by atoms with Crippen molar-refractivity contribution < 1.29 is 4.74 Å². The van der Waals surface area contributed by atoms with Gasteiger partial charge in [0.1, 0.15) is 0 Å². The Kier molecular flexibility index (Phi) is 2.69. The molecule has 1 rings (SSSR count). The van der Waals surface area contributed by atoms with E-state index in [1.807, 2.05) is 12.2 Å². The van der Waals surface area contributed by atoms with Gasteiger partial charge in [0.05, 0.1) is 6.10 Å². The molecule has 0 radical (unpaired) electrons. The summed E-state index contributed by atoms with van der Waals surface area (Å²) in [6, 6.07) is 0. The largest absolute Gasteiger partial charge is 0.377 e. The van der Waals surface area contributed by atoms with Gasteiger partial charge in [0, 0.05) is 12.5 Å². The standard InChI is InChI=1S/C9H14O/c1-3-8(4-2)9-6-5-7-10-9/h3-4,8-9H,1-2,5-7H2. The summed E-state index contributed by atoms with van der Waals surface area (Å²) < 4.78 is 5.45. The molecule has 0 saturated carbocycles. The van der Waals surface area contributed by atoms with Gasteiger partial charge >= 0.3 is 0 Å². The van der Waals surface area contributed by atoms with Gasteiger partial charge in [-0.2, -0.15) is 0 Å². The van der Waals surface area contributed by atoms with Crippen LogP contribution in [-0.2, 0) is 4.74 Å². The molecule has 0 amide bonds. The van der Waals surface area contributed by atoms with E-state index in [4.69, 9.17) is 4.74 Å². The minimum Gasteiger partial charge on any atom is -0.377 e. The monoisotopic (exact) mass is 138 g/mol. The van der Waals surface area contributed by atoms with Crippen molar-refractivity contribution in [2.45, 2.75) is 18.9 Å². The third kappa shape index (κ3) is 1.48. The molecule has 1 nitrogen and oxygen atoms in total. The summed E-state index contributed by atoms with van der Waals surface area (Å²) >= 11 is 0. The van der Waals surface area contributed by atoms with Gasteiger partial charge in [-0.05, 0) is 12.8 Å². The highest BCUT2D eigenvalue weighted by Gasteiger charge is 2.20. The van der Waals surface area contributed by atoms with Crippen LogP contribution < -0.4 is 0 Å². The van der Waals surface area contributed by atoms with Crippen molar-refractivity contribution in [3.05, 3.63) is 25.3 Å².